The van der Waals surface area contributed by atoms with Crippen molar-refractivity contribution in [3.63, 3.8) is 0 Å². The summed E-state index contributed by atoms with van der Waals surface area (Å²) >= 11 is 0. The first-order valence-electron chi connectivity index (χ1n) is 5.53. The van der Waals surface area contributed by atoms with Crippen LogP contribution in [0.4, 0.5) is 4.39 Å². The predicted molar refractivity (Wildman–Crippen MR) is 62.6 cm³/mol. The van der Waals surface area contributed by atoms with Gasteiger partial charge in [0.25, 0.3) is 5.91 Å². The number of halogens is 1. The van der Waals surface area contributed by atoms with Gasteiger partial charge < -0.3 is 10.4 Å². The second-order valence-corrected chi connectivity index (χ2v) is 4.24. The van der Waals surface area contributed by atoms with Gasteiger partial charge in [-0.25, -0.2) is 4.98 Å². The summed E-state index contributed by atoms with van der Waals surface area (Å²) in [5.74, 6) is -2.54. The number of carbonyl (C=O) groups is 2. The summed E-state index contributed by atoms with van der Waals surface area (Å²) in [7, 11) is 0. The van der Waals surface area contributed by atoms with Crippen LogP contribution in [0.1, 0.15) is 30.6 Å². The number of carboxylic acids is 1. The molecule has 0 spiro atoms. The number of carboxylic acid groups (broad SMARTS) is 1. The Balaban J connectivity index is 2.73. The number of hydrogen-bond donors (Lipinski definition) is 2. The predicted octanol–water partition coefficient (Wildman–Crippen LogP) is 1.45. The molecule has 98 valence electrons. The zero-order valence-electron chi connectivity index (χ0n) is 10.2. The second kappa shape index (κ2) is 5.57. The van der Waals surface area contributed by atoms with Crippen LogP contribution in [0.5, 0.6) is 0 Å². The lowest BCUT2D eigenvalue weighted by Gasteiger charge is -2.23. The van der Waals surface area contributed by atoms with Gasteiger partial charge in [-0.05, 0) is 25.5 Å². The molecule has 0 aliphatic rings. The monoisotopic (exact) mass is 254 g/mol. The number of rotatable bonds is 5. The molecule has 0 radical (unpaired) electrons. The highest BCUT2D eigenvalue weighted by molar-refractivity contribution is 5.94. The molecule has 1 atom stereocenters. The molecule has 18 heavy (non-hydrogen) atoms. The van der Waals surface area contributed by atoms with Crippen LogP contribution in [0.25, 0.3) is 0 Å². The third-order valence-corrected chi connectivity index (χ3v) is 2.94. The van der Waals surface area contributed by atoms with Gasteiger partial charge in [0.1, 0.15) is 0 Å². The summed E-state index contributed by atoms with van der Waals surface area (Å²) in [4.78, 5) is 26.1. The van der Waals surface area contributed by atoms with Crippen LogP contribution >= 0.6 is 0 Å². The average Bonchev–Trinajstić information content (AvgIpc) is 2.35. The van der Waals surface area contributed by atoms with Crippen molar-refractivity contribution in [2.24, 2.45) is 5.41 Å². The molecule has 1 unspecified atom stereocenters. The molecule has 2 N–H and O–H groups in total. The van der Waals surface area contributed by atoms with Crippen LogP contribution in [-0.2, 0) is 4.79 Å². The van der Waals surface area contributed by atoms with Crippen molar-refractivity contribution in [2.75, 3.05) is 6.54 Å². The summed E-state index contributed by atoms with van der Waals surface area (Å²) in [5, 5.41) is 11.4. The largest absolute Gasteiger partial charge is 0.481 e. The number of nitrogens with zero attached hydrogens (tertiary/aromatic N) is 1. The maximum absolute atomic E-state index is 13.2. The SMILES string of the molecule is CCC(C)(CNC(=O)c1cccnc1F)C(=O)O. The van der Waals surface area contributed by atoms with Crippen molar-refractivity contribution in [3.8, 4) is 0 Å². The fourth-order valence-electron chi connectivity index (χ4n) is 1.28. The number of aliphatic carboxylic acids is 1. The number of aromatic nitrogens is 1. The zero-order chi connectivity index (χ0) is 13.8. The van der Waals surface area contributed by atoms with E-state index in [-0.39, 0.29) is 12.1 Å². The fraction of sp³-hybridized carbons (Fsp3) is 0.417. The van der Waals surface area contributed by atoms with Crippen molar-refractivity contribution in [1.29, 1.82) is 0 Å². The number of hydrogen-bond acceptors (Lipinski definition) is 3. The van der Waals surface area contributed by atoms with Crippen molar-refractivity contribution in [1.82, 2.24) is 10.3 Å². The van der Waals surface area contributed by atoms with Crippen molar-refractivity contribution in [2.45, 2.75) is 20.3 Å². The van der Waals surface area contributed by atoms with Gasteiger partial charge in [0, 0.05) is 12.7 Å². The Kier molecular flexibility index (Phi) is 4.36. The Morgan fingerprint density at radius 3 is 2.72 bits per heavy atom. The van der Waals surface area contributed by atoms with Crippen LogP contribution in [0, 0.1) is 11.4 Å². The molecule has 0 saturated heterocycles. The maximum atomic E-state index is 13.2. The Hall–Kier alpha value is -1.98. The van der Waals surface area contributed by atoms with E-state index in [0.29, 0.717) is 6.42 Å². The van der Waals surface area contributed by atoms with Gasteiger partial charge in [-0.15, -0.1) is 0 Å². The van der Waals surface area contributed by atoms with E-state index < -0.39 is 23.2 Å². The third-order valence-electron chi connectivity index (χ3n) is 2.94. The minimum atomic E-state index is -1.06. The molecule has 0 aromatic carbocycles. The minimum Gasteiger partial charge on any atom is -0.481 e. The number of amides is 1. The third kappa shape index (κ3) is 3.03. The average molecular weight is 254 g/mol. The molecule has 0 fully saturated rings. The molecule has 6 heteroatoms. The summed E-state index contributed by atoms with van der Waals surface area (Å²) in [6, 6.07) is 2.73. The van der Waals surface area contributed by atoms with Crippen LogP contribution < -0.4 is 5.32 Å². The Bertz CT molecular complexity index is 464. The summed E-state index contributed by atoms with van der Waals surface area (Å²) in [6.45, 7) is 3.17. The highest BCUT2D eigenvalue weighted by Crippen LogP contribution is 2.20. The van der Waals surface area contributed by atoms with E-state index in [2.05, 4.69) is 10.3 Å². The van der Waals surface area contributed by atoms with Gasteiger partial charge in [0.05, 0.1) is 11.0 Å². The van der Waals surface area contributed by atoms with E-state index in [9.17, 15) is 14.0 Å². The summed E-state index contributed by atoms with van der Waals surface area (Å²) < 4.78 is 13.2. The van der Waals surface area contributed by atoms with E-state index in [4.69, 9.17) is 5.11 Å². The molecular weight excluding hydrogens is 239 g/mol. The number of carbonyl (C=O) groups excluding carboxylic acids is 1. The first-order valence-corrected chi connectivity index (χ1v) is 5.53. The van der Waals surface area contributed by atoms with Gasteiger partial charge >= 0.3 is 5.97 Å². The smallest absolute Gasteiger partial charge is 0.311 e. The lowest BCUT2D eigenvalue weighted by molar-refractivity contribution is -0.147. The van der Waals surface area contributed by atoms with Gasteiger partial charge in [-0.2, -0.15) is 4.39 Å². The Morgan fingerprint density at radius 2 is 2.22 bits per heavy atom. The first kappa shape index (κ1) is 14.1. The molecular formula is C12H15FN2O3. The highest BCUT2D eigenvalue weighted by Gasteiger charge is 2.31. The molecule has 5 nitrogen and oxygen atoms in total. The molecule has 1 heterocycles. The number of pyridine rings is 1. The molecule has 0 bridgehead atoms. The summed E-state index contributed by atoms with van der Waals surface area (Å²) in [6.07, 6.45) is 1.59. The van der Waals surface area contributed by atoms with Crippen LogP contribution in [0.3, 0.4) is 0 Å². The first-order chi connectivity index (χ1) is 8.40. The zero-order valence-corrected chi connectivity index (χ0v) is 10.2. The van der Waals surface area contributed by atoms with Crippen LogP contribution in [0.15, 0.2) is 18.3 Å². The van der Waals surface area contributed by atoms with Gasteiger partial charge in [-0.3, -0.25) is 9.59 Å². The normalized spacial score (nSPS) is 13.7. The molecule has 1 aromatic rings. The molecule has 1 aromatic heterocycles. The van der Waals surface area contributed by atoms with E-state index in [1.165, 1.54) is 25.3 Å². The Morgan fingerprint density at radius 1 is 1.56 bits per heavy atom. The second-order valence-electron chi connectivity index (χ2n) is 4.24. The van der Waals surface area contributed by atoms with Gasteiger partial charge in [0.15, 0.2) is 0 Å². The lowest BCUT2D eigenvalue weighted by Crippen LogP contribution is -2.40. The van der Waals surface area contributed by atoms with Crippen molar-refractivity contribution in [3.05, 3.63) is 29.8 Å². The maximum Gasteiger partial charge on any atom is 0.311 e. The van der Waals surface area contributed by atoms with E-state index in [1.54, 1.807) is 6.92 Å². The highest BCUT2D eigenvalue weighted by atomic mass is 19.1. The van der Waals surface area contributed by atoms with Gasteiger partial charge in [-0.1, -0.05) is 6.92 Å². The summed E-state index contributed by atoms with van der Waals surface area (Å²) in [5.41, 5.74) is -1.25. The fourth-order valence-corrected chi connectivity index (χ4v) is 1.28. The minimum absolute atomic E-state index is 0.0635. The quantitative estimate of drug-likeness (QED) is 0.779. The molecule has 0 aliphatic carbocycles. The van der Waals surface area contributed by atoms with E-state index in [0.717, 1.165) is 0 Å². The molecule has 1 rings (SSSR count). The molecule has 0 saturated carbocycles. The van der Waals surface area contributed by atoms with E-state index in [1.807, 2.05) is 0 Å². The topological polar surface area (TPSA) is 79.3 Å². The van der Waals surface area contributed by atoms with Gasteiger partial charge in [0.2, 0.25) is 5.95 Å². The van der Waals surface area contributed by atoms with Crippen molar-refractivity contribution < 1.29 is 19.1 Å². The molecule has 1 amide bonds. The van der Waals surface area contributed by atoms with Crippen molar-refractivity contribution >= 4 is 11.9 Å². The van der Waals surface area contributed by atoms with Crippen LogP contribution in [0.2, 0.25) is 0 Å². The number of nitrogens with one attached hydrogen (secondary N) is 1. The molecule has 0 aliphatic heterocycles. The lowest BCUT2D eigenvalue weighted by atomic mass is 9.87. The van der Waals surface area contributed by atoms with Crippen LogP contribution in [-0.4, -0.2) is 28.5 Å². The standard InChI is InChI=1S/C12H15FN2O3/c1-3-12(2,11(17)18)7-15-10(16)8-5-4-6-14-9(8)13/h4-6H,3,7H2,1-2H3,(H,15,16)(H,17,18). The Labute approximate surface area is 104 Å². The van der Waals surface area contributed by atoms with E-state index >= 15 is 0 Å².